The van der Waals surface area contributed by atoms with Gasteiger partial charge < -0.3 is 10.5 Å². The zero-order chi connectivity index (χ0) is 10.7. The summed E-state index contributed by atoms with van der Waals surface area (Å²) >= 11 is 11.9. The fraction of sp³-hybridized carbons (Fsp3) is 0.400. The number of nitrogens with two attached hydrogens (primary N) is 1. The van der Waals surface area contributed by atoms with Gasteiger partial charge in [-0.3, -0.25) is 0 Å². The van der Waals surface area contributed by atoms with E-state index in [0.29, 0.717) is 34.0 Å². The highest BCUT2D eigenvalue weighted by Crippen LogP contribution is 2.35. The first-order chi connectivity index (χ1) is 6.50. The van der Waals surface area contributed by atoms with E-state index < -0.39 is 0 Å². The molecule has 78 valence electrons. The minimum absolute atomic E-state index is 0.430. The quantitative estimate of drug-likeness (QED) is 0.810. The summed E-state index contributed by atoms with van der Waals surface area (Å²) < 4.78 is 5.46. The van der Waals surface area contributed by atoms with Crippen LogP contribution >= 0.6 is 23.2 Å². The number of ether oxygens (including phenoxy) is 1. The predicted octanol–water partition coefficient (Wildman–Crippen LogP) is 3.61. The number of nitrogen functional groups attached to an aromatic ring is 1. The first-order valence-electron chi connectivity index (χ1n) is 4.38. The van der Waals surface area contributed by atoms with Crippen LogP contribution in [0.5, 0.6) is 5.75 Å². The standard InChI is InChI=1S/C10H13Cl2NO/c1-6(2)5-14-10-8(11)3-7(13)4-9(10)12/h3-4,6H,5,13H2,1-2H3. The average molecular weight is 234 g/mol. The summed E-state index contributed by atoms with van der Waals surface area (Å²) in [5.74, 6) is 0.941. The molecule has 0 spiro atoms. The maximum absolute atomic E-state index is 5.93. The van der Waals surface area contributed by atoms with Crippen molar-refractivity contribution in [3.05, 3.63) is 22.2 Å². The Morgan fingerprint density at radius 2 is 1.79 bits per heavy atom. The van der Waals surface area contributed by atoms with E-state index in [1.165, 1.54) is 0 Å². The number of benzene rings is 1. The Hall–Kier alpha value is -0.600. The molecule has 0 aliphatic rings. The van der Waals surface area contributed by atoms with E-state index in [4.69, 9.17) is 33.7 Å². The molecule has 0 heterocycles. The van der Waals surface area contributed by atoms with Crippen LogP contribution in [0.2, 0.25) is 10.0 Å². The summed E-state index contributed by atoms with van der Waals surface area (Å²) in [5.41, 5.74) is 6.10. The van der Waals surface area contributed by atoms with Crippen molar-refractivity contribution in [2.75, 3.05) is 12.3 Å². The van der Waals surface area contributed by atoms with Crippen LogP contribution in [0, 0.1) is 5.92 Å². The van der Waals surface area contributed by atoms with E-state index in [-0.39, 0.29) is 0 Å². The lowest BCUT2D eigenvalue weighted by Crippen LogP contribution is -2.05. The van der Waals surface area contributed by atoms with Gasteiger partial charge in [0.15, 0.2) is 5.75 Å². The van der Waals surface area contributed by atoms with Gasteiger partial charge in [-0.25, -0.2) is 0 Å². The number of anilines is 1. The molecule has 0 aromatic heterocycles. The molecule has 1 rings (SSSR count). The average Bonchev–Trinajstić information content (AvgIpc) is 2.01. The molecule has 0 saturated carbocycles. The van der Waals surface area contributed by atoms with Crippen LogP contribution in [-0.2, 0) is 0 Å². The first kappa shape index (κ1) is 11.5. The van der Waals surface area contributed by atoms with Crippen molar-refractivity contribution < 1.29 is 4.74 Å². The number of hydrogen-bond donors (Lipinski definition) is 1. The van der Waals surface area contributed by atoms with Crippen molar-refractivity contribution >= 4 is 28.9 Å². The van der Waals surface area contributed by atoms with E-state index in [1.54, 1.807) is 12.1 Å². The molecule has 0 aliphatic carbocycles. The SMILES string of the molecule is CC(C)COc1c(Cl)cc(N)cc1Cl. The van der Waals surface area contributed by atoms with Crippen molar-refractivity contribution in [3.63, 3.8) is 0 Å². The zero-order valence-corrected chi connectivity index (χ0v) is 9.69. The van der Waals surface area contributed by atoms with E-state index in [9.17, 15) is 0 Å². The van der Waals surface area contributed by atoms with Crippen LogP contribution in [0.1, 0.15) is 13.8 Å². The Balaban J connectivity index is 2.86. The Bertz CT molecular complexity index is 303. The minimum atomic E-state index is 0.430. The monoisotopic (exact) mass is 233 g/mol. The lowest BCUT2D eigenvalue weighted by Gasteiger charge is -2.12. The molecule has 0 saturated heterocycles. The molecule has 0 unspecified atom stereocenters. The molecule has 1 aromatic rings. The fourth-order valence-corrected chi connectivity index (χ4v) is 1.58. The maximum Gasteiger partial charge on any atom is 0.156 e. The van der Waals surface area contributed by atoms with Gasteiger partial charge in [0.2, 0.25) is 0 Å². The molecule has 0 amide bonds. The second kappa shape index (κ2) is 4.76. The smallest absolute Gasteiger partial charge is 0.156 e. The van der Waals surface area contributed by atoms with Crippen LogP contribution in [0.25, 0.3) is 0 Å². The van der Waals surface area contributed by atoms with Crippen molar-refractivity contribution in [1.82, 2.24) is 0 Å². The highest BCUT2D eigenvalue weighted by Gasteiger charge is 2.09. The largest absolute Gasteiger partial charge is 0.490 e. The van der Waals surface area contributed by atoms with Gasteiger partial charge in [0.1, 0.15) is 0 Å². The lowest BCUT2D eigenvalue weighted by molar-refractivity contribution is 0.271. The molecule has 2 N–H and O–H groups in total. The summed E-state index contributed by atoms with van der Waals surface area (Å²) in [6.45, 7) is 4.70. The van der Waals surface area contributed by atoms with Crippen molar-refractivity contribution in [2.24, 2.45) is 5.92 Å². The molecule has 0 aliphatic heterocycles. The Morgan fingerprint density at radius 3 is 2.21 bits per heavy atom. The first-order valence-corrected chi connectivity index (χ1v) is 5.13. The third-order valence-corrected chi connectivity index (χ3v) is 2.14. The summed E-state index contributed by atoms with van der Waals surface area (Å²) in [5, 5.41) is 0.909. The normalized spacial score (nSPS) is 10.6. The molecule has 0 radical (unpaired) electrons. The Kier molecular flexibility index (Phi) is 3.90. The Morgan fingerprint density at radius 1 is 1.29 bits per heavy atom. The van der Waals surface area contributed by atoms with Crippen LogP contribution < -0.4 is 10.5 Å². The van der Waals surface area contributed by atoms with E-state index in [0.717, 1.165) is 0 Å². The molecule has 4 heteroatoms. The highest BCUT2D eigenvalue weighted by atomic mass is 35.5. The van der Waals surface area contributed by atoms with E-state index >= 15 is 0 Å². The zero-order valence-electron chi connectivity index (χ0n) is 8.18. The summed E-state index contributed by atoms with van der Waals surface area (Å²) in [6, 6.07) is 3.26. The third-order valence-electron chi connectivity index (χ3n) is 1.58. The van der Waals surface area contributed by atoms with Gasteiger partial charge in [0.05, 0.1) is 16.7 Å². The molecular weight excluding hydrogens is 221 g/mol. The van der Waals surface area contributed by atoms with Gasteiger partial charge in [0, 0.05) is 5.69 Å². The summed E-state index contributed by atoms with van der Waals surface area (Å²) in [4.78, 5) is 0. The van der Waals surface area contributed by atoms with Crippen molar-refractivity contribution in [2.45, 2.75) is 13.8 Å². The van der Waals surface area contributed by atoms with Gasteiger partial charge in [-0.2, -0.15) is 0 Å². The van der Waals surface area contributed by atoms with Crippen LogP contribution in [0.4, 0.5) is 5.69 Å². The highest BCUT2D eigenvalue weighted by molar-refractivity contribution is 6.37. The van der Waals surface area contributed by atoms with Crippen molar-refractivity contribution in [3.8, 4) is 5.75 Å². The number of rotatable bonds is 3. The second-order valence-corrected chi connectivity index (χ2v) is 4.33. The molecule has 0 bridgehead atoms. The van der Waals surface area contributed by atoms with Gasteiger partial charge in [-0.15, -0.1) is 0 Å². The van der Waals surface area contributed by atoms with Crippen LogP contribution in [0.15, 0.2) is 12.1 Å². The second-order valence-electron chi connectivity index (χ2n) is 3.52. The minimum Gasteiger partial charge on any atom is -0.490 e. The van der Waals surface area contributed by atoms with E-state index in [2.05, 4.69) is 13.8 Å². The fourth-order valence-electron chi connectivity index (χ4n) is 0.967. The van der Waals surface area contributed by atoms with Gasteiger partial charge in [0.25, 0.3) is 0 Å². The maximum atomic E-state index is 5.93. The Labute approximate surface area is 94.0 Å². The van der Waals surface area contributed by atoms with Crippen molar-refractivity contribution in [1.29, 1.82) is 0 Å². The number of halogens is 2. The van der Waals surface area contributed by atoms with Crippen LogP contribution in [-0.4, -0.2) is 6.61 Å². The predicted molar refractivity (Wildman–Crippen MR) is 61.2 cm³/mol. The molecular formula is C10H13Cl2NO. The molecule has 0 atom stereocenters. The van der Waals surface area contributed by atoms with Gasteiger partial charge in [-0.1, -0.05) is 37.0 Å². The summed E-state index contributed by atoms with van der Waals surface area (Å²) in [6.07, 6.45) is 0. The molecule has 2 nitrogen and oxygen atoms in total. The molecule has 0 fully saturated rings. The lowest BCUT2D eigenvalue weighted by atomic mass is 10.2. The van der Waals surface area contributed by atoms with Crippen LogP contribution in [0.3, 0.4) is 0 Å². The van der Waals surface area contributed by atoms with Gasteiger partial charge >= 0.3 is 0 Å². The molecule has 1 aromatic carbocycles. The van der Waals surface area contributed by atoms with Gasteiger partial charge in [-0.05, 0) is 18.1 Å². The number of hydrogen-bond acceptors (Lipinski definition) is 2. The third kappa shape index (κ3) is 2.96. The topological polar surface area (TPSA) is 35.2 Å². The van der Waals surface area contributed by atoms with E-state index in [1.807, 2.05) is 0 Å². The summed E-state index contributed by atoms with van der Waals surface area (Å²) in [7, 11) is 0. The molecule has 14 heavy (non-hydrogen) atoms.